The van der Waals surface area contributed by atoms with Crippen LogP contribution in [0.3, 0.4) is 0 Å². The molecule has 7 heteroatoms. The second-order valence-corrected chi connectivity index (χ2v) is 7.40. The summed E-state index contributed by atoms with van der Waals surface area (Å²) < 4.78 is 11.2. The highest BCUT2D eigenvalue weighted by molar-refractivity contribution is 5.48. The minimum atomic E-state index is -1.53. The summed E-state index contributed by atoms with van der Waals surface area (Å²) in [4.78, 5) is 0. The van der Waals surface area contributed by atoms with Gasteiger partial charge in [-0.15, -0.1) is 0 Å². The number of hydrogen-bond donors (Lipinski definition) is 5. The van der Waals surface area contributed by atoms with Crippen molar-refractivity contribution in [2.75, 3.05) is 6.61 Å². The van der Waals surface area contributed by atoms with Gasteiger partial charge in [-0.1, -0.05) is 31.2 Å². The van der Waals surface area contributed by atoms with E-state index in [1.807, 2.05) is 19.1 Å². The average molecular weight is 404 g/mol. The smallest absolute Gasteiger partial charge is 0.229 e. The molecule has 0 radical (unpaired) electrons. The highest BCUT2D eigenvalue weighted by Gasteiger charge is 2.44. The molecule has 1 aliphatic rings. The van der Waals surface area contributed by atoms with E-state index in [0.717, 1.165) is 23.1 Å². The van der Waals surface area contributed by atoms with Crippen LogP contribution in [0.25, 0.3) is 0 Å². The number of aryl methyl sites for hydroxylation is 2. The molecule has 0 saturated carbocycles. The highest BCUT2D eigenvalue weighted by atomic mass is 16.7. The summed E-state index contributed by atoms with van der Waals surface area (Å²) in [6.45, 7) is 3.39. The Hall–Kier alpha value is -2.16. The van der Waals surface area contributed by atoms with Crippen molar-refractivity contribution in [3.63, 3.8) is 0 Å². The fraction of sp³-hybridized carbons (Fsp3) is 0.455. The predicted octanol–water partition coefficient (Wildman–Crippen LogP) is 1.03. The Balaban J connectivity index is 1.88. The zero-order valence-electron chi connectivity index (χ0n) is 16.5. The summed E-state index contributed by atoms with van der Waals surface area (Å²) in [5.41, 5.74) is 3.87. The topological polar surface area (TPSA) is 120 Å². The number of phenolic OH excluding ortho intramolecular Hbond substituents is 1. The van der Waals surface area contributed by atoms with E-state index in [1.54, 1.807) is 6.07 Å². The lowest BCUT2D eigenvalue weighted by Gasteiger charge is -2.39. The van der Waals surface area contributed by atoms with Crippen LogP contribution in [0.1, 0.15) is 29.2 Å². The molecule has 3 rings (SSSR count). The molecule has 0 amide bonds. The molecule has 1 aliphatic heterocycles. The molecule has 158 valence electrons. The summed E-state index contributed by atoms with van der Waals surface area (Å²) in [6, 6.07) is 11.2. The van der Waals surface area contributed by atoms with Gasteiger partial charge in [0.25, 0.3) is 0 Å². The molecule has 0 aliphatic carbocycles. The molecule has 1 fully saturated rings. The number of benzene rings is 2. The van der Waals surface area contributed by atoms with E-state index in [-0.39, 0.29) is 5.75 Å². The van der Waals surface area contributed by atoms with Crippen molar-refractivity contribution >= 4 is 0 Å². The first-order chi connectivity index (χ1) is 13.8. The summed E-state index contributed by atoms with van der Waals surface area (Å²) in [7, 11) is 0. The lowest BCUT2D eigenvalue weighted by Crippen LogP contribution is -2.60. The van der Waals surface area contributed by atoms with Crippen molar-refractivity contribution in [2.45, 2.75) is 57.4 Å². The maximum absolute atomic E-state index is 10.3. The van der Waals surface area contributed by atoms with E-state index in [0.29, 0.717) is 12.2 Å². The molecule has 0 unspecified atom stereocenters. The normalized spacial score (nSPS) is 27.0. The van der Waals surface area contributed by atoms with Crippen LogP contribution < -0.4 is 4.74 Å². The summed E-state index contributed by atoms with van der Waals surface area (Å²) in [5.74, 6) is 0.290. The van der Waals surface area contributed by atoms with Crippen molar-refractivity contribution in [3.8, 4) is 11.5 Å². The molecule has 2 aromatic rings. The average Bonchev–Trinajstić information content (AvgIpc) is 2.71. The Labute approximate surface area is 169 Å². The van der Waals surface area contributed by atoms with Gasteiger partial charge in [-0.2, -0.15) is 0 Å². The minimum Gasteiger partial charge on any atom is -0.508 e. The number of aliphatic hydroxyl groups is 4. The second-order valence-electron chi connectivity index (χ2n) is 7.40. The Morgan fingerprint density at radius 1 is 0.966 bits per heavy atom. The first-order valence-corrected chi connectivity index (χ1v) is 9.71. The van der Waals surface area contributed by atoms with E-state index in [9.17, 15) is 25.5 Å². The van der Waals surface area contributed by atoms with Crippen molar-refractivity contribution in [2.24, 2.45) is 0 Å². The Bertz CT molecular complexity index is 819. The van der Waals surface area contributed by atoms with Gasteiger partial charge in [0.1, 0.15) is 35.9 Å². The van der Waals surface area contributed by atoms with Gasteiger partial charge in [0.05, 0.1) is 6.61 Å². The Morgan fingerprint density at radius 2 is 1.62 bits per heavy atom. The number of ether oxygens (including phenoxy) is 2. The van der Waals surface area contributed by atoms with Gasteiger partial charge in [-0.05, 0) is 36.1 Å². The van der Waals surface area contributed by atoms with Crippen LogP contribution in [-0.4, -0.2) is 62.8 Å². The number of rotatable bonds is 6. The largest absolute Gasteiger partial charge is 0.508 e. The van der Waals surface area contributed by atoms with E-state index in [4.69, 9.17) is 9.47 Å². The van der Waals surface area contributed by atoms with E-state index < -0.39 is 37.3 Å². The van der Waals surface area contributed by atoms with Gasteiger partial charge in [-0.3, -0.25) is 0 Å². The molecule has 0 bridgehead atoms. The monoisotopic (exact) mass is 404 g/mol. The van der Waals surface area contributed by atoms with Gasteiger partial charge in [0, 0.05) is 18.1 Å². The van der Waals surface area contributed by atoms with Crippen LogP contribution in [0.5, 0.6) is 11.5 Å². The van der Waals surface area contributed by atoms with Gasteiger partial charge in [0.15, 0.2) is 0 Å². The molecule has 2 aromatic carbocycles. The zero-order valence-corrected chi connectivity index (χ0v) is 16.5. The molecule has 5 N–H and O–H groups in total. The van der Waals surface area contributed by atoms with Crippen LogP contribution >= 0.6 is 0 Å². The van der Waals surface area contributed by atoms with E-state index >= 15 is 0 Å². The van der Waals surface area contributed by atoms with Crippen LogP contribution in [0.4, 0.5) is 0 Å². The number of aliphatic hydroxyl groups excluding tert-OH is 4. The van der Waals surface area contributed by atoms with Crippen molar-refractivity contribution in [1.29, 1.82) is 0 Å². The lowest BCUT2D eigenvalue weighted by atomic mass is 9.97. The van der Waals surface area contributed by atoms with E-state index in [2.05, 4.69) is 19.1 Å². The van der Waals surface area contributed by atoms with Crippen LogP contribution in [0.15, 0.2) is 36.4 Å². The Morgan fingerprint density at radius 3 is 2.24 bits per heavy atom. The van der Waals surface area contributed by atoms with Gasteiger partial charge in [0.2, 0.25) is 6.29 Å². The SMILES string of the molecule is CCc1ccc(Cc2c(C)cc(O)cc2O[C@@H]2O[C@H](CO)[C@@H](O)[C@H](O)[C@H]2O)cc1. The van der Waals surface area contributed by atoms with Crippen LogP contribution in [0.2, 0.25) is 0 Å². The molecule has 7 nitrogen and oxygen atoms in total. The van der Waals surface area contributed by atoms with Crippen molar-refractivity contribution in [1.82, 2.24) is 0 Å². The predicted molar refractivity (Wildman–Crippen MR) is 106 cm³/mol. The first-order valence-electron chi connectivity index (χ1n) is 9.71. The molecular weight excluding hydrogens is 376 g/mol. The quantitative estimate of drug-likeness (QED) is 0.488. The van der Waals surface area contributed by atoms with Gasteiger partial charge < -0.3 is 35.0 Å². The van der Waals surface area contributed by atoms with Crippen molar-refractivity contribution in [3.05, 3.63) is 58.7 Å². The summed E-state index contributed by atoms with van der Waals surface area (Å²) in [5, 5.41) is 49.6. The number of aromatic hydroxyl groups is 1. The molecule has 1 heterocycles. The second kappa shape index (κ2) is 9.11. The van der Waals surface area contributed by atoms with Gasteiger partial charge in [-0.25, -0.2) is 0 Å². The number of phenols is 1. The third-order valence-electron chi connectivity index (χ3n) is 5.32. The molecular formula is C22H28O7. The standard InChI is InChI=1S/C22H28O7/c1-3-13-4-6-14(7-5-13)9-16-12(2)8-15(24)10-17(16)28-22-21(27)20(26)19(25)18(11-23)29-22/h4-8,10,18-27H,3,9,11H2,1-2H3/t18-,19-,20+,21-,22-/m1/s1. The number of hydrogen-bond acceptors (Lipinski definition) is 7. The fourth-order valence-corrected chi connectivity index (χ4v) is 3.48. The summed E-state index contributed by atoms with van der Waals surface area (Å²) in [6.07, 6.45) is -5.42. The van der Waals surface area contributed by atoms with Crippen LogP contribution in [-0.2, 0) is 17.6 Å². The Kier molecular flexibility index (Phi) is 6.77. The van der Waals surface area contributed by atoms with E-state index in [1.165, 1.54) is 11.6 Å². The molecule has 1 saturated heterocycles. The molecule has 5 atom stereocenters. The third-order valence-corrected chi connectivity index (χ3v) is 5.32. The molecule has 29 heavy (non-hydrogen) atoms. The van der Waals surface area contributed by atoms with Crippen molar-refractivity contribution < 1.29 is 35.0 Å². The maximum atomic E-state index is 10.3. The molecule has 0 aromatic heterocycles. The summed E-state index contributed by atoms with van der Waals surface area (Å²) >= 11 is 0. The lowest BCUT2D eigenvalue weighted by molar-refractivity contribution is -0.277. The first kappa shape index (κ1) is 21.5. The minimum absolute atomic E-state index is 0.00725. The molecule has 0 spiro atoms. The zero-order chi connectivity index (χ0) is 21.1. The third kappa shape index (κ3) is 4.71. The highest BCUT2D eigenvalue weighted by Crippen LogP contribution is 2.33. The maximum Gasteiger partial charge on any atom is 0.229 e. The van der Waals surface area contributed by atoms with Crippen LogP contribution in [0, 0.1) is 6.92 Å². The fourth-order valence-electron chi connectivity index (χ4n) is 3.48. The van der Waals surface area contributed by atoms with Gasteiger partial charge >= 0.3 is 0 Å².